The fourth-order valence-electron chi connectivity index (χ4n) is 2.08. The molecule has 21 heavy (non-hydrogen) atoms. The van der Waals surface area contributed by atoms with Gasteiger partial charge in [0.2, 0.25) is 5.88 Å². The van der Waals surface area contributed by atoms with E-state index < -0.39 is 0 Å². The Balaban J connectivity index is 2.04. The maximum absolute atomic E-state index is 5.88. The predicted molar refractivity (Wildman–Crippen MR) is 80.2 cm³/mol. The van der Waals surface area contributed by atoms with E-state index in [9.17, 15) is 0 Å². The molecular formula is C15H13ClN2O3. The summed E-state index contributed by atoms with van der Waals surface area (Å²) in [7, 11) is 0. The third kappa shape index (κ3) is 2.60. The molecule has 0 amide bonds. The third-order valence-corrected chi connectivity index (χ3v) is 3.18. The molecule has 0 aliphatic rings. The molecular weight excluding hydrogens is 292 g/mol. The maximum Gasteiger partial charge on any atom is 0.230 e. The Morgan fingerprint density at radius 3 is 2.57 bits per heavy atom. The molecule has 0 saturated heterocycles. The van der Waals surface area contributed by atoms with Gasteiger partial charge in [0.05, 0.1) is 12.2 Å². The number of halogens is 1. The first-order valence-corrected chi connectivity index (χ1v) is 6.81. The highest BCUT2D eigenvalue weighted by Gasteiger charge is 2.20. The number of hydrogen-bond acceptors (Lipinski definition) is 5. The van der Waals surface area contributed by atoms with Crippen LogP contribution in [-0.4, -0.2) is 11.8 Å². The molecule has 1 aromatic carbocycles. The van der Waals surface area contributed by atoms with Crippen LogP contribution in [0.2, 0.25) is 5.22 Å². The van der Waals surface area contributed by atoms with Crippen molar-refractivity contribution >= 4 is 17.5 Å². The summed E-state index contributed by atoms with van der Waals surface area (Å²) in [5, 5.41) is 4.23. The fraction of sp³-hybridized carbons (Fsp3) is 0.133. The van der Waals surface area contributed by atoms with E-state index in [1.165, 1.54) is 0 Å². The lowest BCUT2D eigenvalue weighted by atomic mass is 10.0. The Hall–Kier alpha value is -2.40. The van der Waals surface area contributed by atoms with E-state index in [-0.39, 0.29) is 11.1 Å². The van der Waals surface area contributed by atoms with E-state index in [4.69, 9.17) is 31.0 Å². The highest BCUT2D eigenvalue weighted by Crippen LogP contribution is 2.37. The van der Waals surface area contributed by atoms with Crippen molar-refractivity contribution in [2.75, 3.05) is 12.3 Å². The Kier molecular flexibility index (Phi) is 3.58. The number of furan rings is 1. The van der Waals surface area contributed by atoms with Crippen LogP contribution in [-0.2, 0) is 0 Å². The summed E-state index contributed by atoms with van der Waals surface area (Å²) in [5.41, 5.74) is 7.93. The van der Waals surface area contributed by atoms with Gasteiger partial charge in [-0.3, -0.25) is 0 Å². The van der Waals surface area contributed by atoms with Crippen molar-refractivity contribution in [2.24, 2.45) is 0 Å². The van der Waals surface area contributed by atoms with E-state index in [1.54, 1.807) is 12.1 Å². The first-order chi connectivity index (χ1) is 10.2. The van der Waals surface area contributed by atoms with Crippen molar-refractivity contribution in [3.63, 3.8) is 0 Å². The summed E-state index contributed by atoms with van der Waals surface area (Å²) < 4.78 is 15.9. The topological polar surface area (TPSA) is 74.4 Å². The molecule has 0 aliphatic carbocycles. The first kappa shape index (κ1) is 13.6. The molecule has 0 radical (unpaired) electrons. The van der Waals surface area contributed by atoms with Gasteiger partial charge >= 0.3 is 0 Å². The standard InChI is InChI=1S/C15H13ClN2O3/c1-2-19-10-5-3-9(4-6-10)13-14(18-21-15(13)17)11-7-8-12(16)20-11/h3-8H,2,17H2,1H3. The Morgan fingerprint density at radius 1 is 1.19 bits per heavy atom. The molecule has 0 bridgehead atoms. The highest BCUT2D eigenvalue weighted by atomic mass is 35.5. The second kappa shape index (κ2) is 5.54. The van der Waals surface area contributed by atoms with Crippen LogP contribution in [0.15, 0.2) is 45.3 Å². The Bertz CT molecular complexity index is 747. The number of ether oxygens (including phenoxy) is 1. The molecule has 2 heterocycles. The van der Waals surface area contributed by atoms with Crippen LogP contribution in [0.5, 0.6) is 5.75 Å². The van der Waals surface area contributed by atoms with Crippen molar-refractivity contribution in [3.05, 3.63) is 41.6 Å². The van der Waals surface area contributed by atoms with Gasteiger partial charge in [-0.15, -0.1) is 0 Å². The van der Waals surface area contributed by atoms with Crippen LogP contribution in [0.1, 0.15) is 6.92 Å². The lowest BCUT2D eigenvalue weighted by Gasteiger charge is -2.05. The summed E-state index contributed by atoms with van der Waals surface area (Å²) in [6.07, 6.45) is 0. The number of hydrogen-bond donors (Lipinski definition) is 1. The fourth-order valence-corrected chi connectivity index (χ4v) is 2.22. The van der Waals surface area contributed by atoms with Crippen LogP contribution in [0.3, 0.4) is 0 Å². The van der Waals surface area contributed by atoms with E-state index in [0.29, 0.717) is 23.6 Å². The molecule has 0 fully saturated rings. The summed E-state index contributed by atoms with van der Waals surface area (Å²) in [6.45, 7) is 2.55. The molecule has 2 N–H and O–H groups in total. The van der Waals surface area contributed by atoms with Gasteiger partial charge in [-0.2, -0.15) is 0 Å². The van der Waals surface area contributed by atoms with Crippen molar-refractivity contribution < 1.29 is 13.7 Å². The van der Waals surface area contributed by atoms with Crippen LogP contribution in [0.4, 0.5) is 5.88 Å². The zero-order valence-electron chi connectivity index (χ0n) is 11.3. The average molecular weight is 305 g/mol. The lowest BCUT2D eigenvalue weighted by molar-refractivity contribution is 0.340. The molecule has 2 aromatic heterocycles. The lowest BCUT2D eigenvalue weighted by Crippen LogP contribution is -1.91. The van der Waals surface area contributed by atoms with Crippen molar-refractivity contribution in [3.8, 4) is 28.3 Å². The molecule has 6 heteroatoms. The molecule has 0 aliphatic heterocycles. The van der Waals surface area contributed by atoms with Crippen molar-refractivity contribution in [1.82, 2.24) is 5.16 Å². The zero-order chi connectivity index (χ0) is 14.8. The maximum atomic E-state index is 5.88. The second-order valence-corrected chi connectivity index (χ2v) is 4.70. The van der Waals surface area contributed by atoms with Gasteiger partial charge in [-0.25, -0.2) is 0 Å². The van der Waals surface area contributed by atoms with E-state index in [1.807, 2.05) is 31.2 Å². The number of nitrogens with two attached hydrogens (primary N) is 1. The SMILES string of the molecule is CCOc1ccc(-c2c(-c3ccc(Cl)o3)noc2N)cc1. The van der Waals surface area contributed by atoms with E-state index in [2.05, 4.69) is 5.16 Å². The van der Waals surface area contributed by atoms with Crippen LogP contribution in [0, 0.1) is 0 Å². The Morgan fingerprint density at radius 2 is 1.95 bits per heavy atom. The molecule has 3 aromatic rings. The molecule has 108 valence electrons. The van der Waals surface area contributed by atoms with Gasteiger partial charge in [0.15, 0.2) is 16.7 Å². The van der Waals surface area contributed by atoms with Crippen LogP contribution < -0.4 is 10.5 Å². The summed E-state index contributed by atoms with van der Waals surface area (Å²) in [4.78, 5) is 0. The smallest absolute Gasteiger partial charge is 0.230 e. The largest absolute Gasteiger partial charge is 0.494 e. The molecule has 0 saturated carbocycles. The predicted octanol–water partition coefficient (Wildman–Crippen LogP) is 4.24. The van der Waals surface area contributed by atoms with Crippen LogP contribution in [0.25, 0.3) is 22.6 Å². The van der Waals surface area contributed by atoms with Gasteiger partial charge in [0.25, 0.3) is 0 Å². The zero-order valence-corrected chi connectivity index (χ0v) is 12.1. The number of aromatic nitrogens is 1. The summed E-state index contributed by atoms with van der Waals surface area (Å²) >= 11 is 5.80. The minimum absolute atomic E-state index is 0.224. The minimum atomic E-state index is 0.224. The molecule has 0 spiro atoms. The quantitative estimate of drug-likeness (QED) is 0.780. The van der Waals surface area contributed by atoms with Crippen LogP contribution >= 0.6 is 11.6 Å². The van der Waals surface area contributed by atoms with Gasteiger partial charge in [0, 0.05) is 0 Å². The molecule has 3 rings (SSSR count). The normalized spacial score (nSPS) is 10.8. The molecule has 0 atom stereocenters. The van der Waals surface area contributed by atoms with Gasteiger partial charge in [-0.1, -0.05) is 17.3 Å². The number of nitrogen functional groups attached to an aromatic ring is 1. The first-order valence-electron chi connectivity index (χ1n) is 6.43. The highest BCUT2D eigenvalue weighted by molar-refractivity contribution is 6.29. The minimum Gasteiger partial charge on any atom is -0.494 e. The second-order valence-electron chi connectivity index (χ2n) is 4.33. The van der Waals surface area contributed by atoms with Gasteiger partial charge in [0.1, 0.15) is 5.75 Å². The molecule has 5 nitrogen and oxygen atoms in total. The van der Waals surface area contributed by atoms with Gasteiger partial charge < -0.3 is 19.4 Å². The Labute approximate surface area is 126 Å². The van der Waals surface area contributed by atoms with E-state index in [0.717, 1.165) is 11.3 Å². The summed E-state index contributed by atoms with van der Waals surface area (Å²) in [5.74, 6) is 1.52. The number of rotatable bonds is 4. The third-order valence-electron chi connectivity index (χ3n) is 2.98. The molecule has 0 unspecified atom stereocenters. The van der Waals surface area contributed by atoms with Crippen molar-refractivity contribution in [2.45, 2.75) is 6.92 Å². The van der Waals surface area contributed by atoms with Gasteiger partial charge in [-0.05, 0) is 48.4 Å². The monoisotopic (exact) mass is 304 g/mol. The average Bonchev–Trinajstić information content (AvgIpc) is 3.06. The number of benzene rings is 1. The van der Waals surface area contributed by atoms with Crippen molar-refractivity contribution in [1.29, 1.82) is 0 Å². The number of anilines is 1. The number of nitrogens with zero attached hydrogens (tertiary/aromatic N) is 1. The summed E-state index contributed by atoms with van der Waals surface area (Å²) in [6, 6.07) is 10.9. The van der Waals surface area contributed by atoms with E-state index >= 15 is 0 Å².